The fourth-order valence-corrected chi connectivity index (χ4v) is 3.60. The van der Waals surface area contributed by atoms with Gasteiger partial charge >= 0.3 is 5.97 Å². The standard InChI is InChI=1S/C12H16N2O4S/c1-18-12(15)8-19(16,17)14-7-10(13)6-9-4-2-3-5-11(9)14/h2-5,10H,6-8,13H2,1H3. The molecule has 0 radical (unpaired) electrons. The summed E-state index contributed by atoms with van der Waals surface area (Å²) < 4.78 is 30.1. The molecular formula is C12H16N2O4S. The first-order chi connectivity index (χ1) is 8.94. The first-order valence-corrected chi connectivity index (χ1v) is 7.45. The summed E-state index contributed by atoms with van der Waals surface area (Å²) in [4.78, 5) is 11.2. The van der Waals surface area contributed by atoms with Crippen molar-refractivity contribution in [3.8, 4) is 0 Å². The Morgan fingerprint density at radius 1 is 1.47 bits per heavy atom. The summed E-state index contributed by atoms with van der Waals surface area (Å²) in [7, 11) is -2.60. The fourth-order valence-electron chi connectivity index (χ4n) is 2.13. The second kappa shape index (κ2) is 5.18. The number of anilines is 1. The molecule has 104 valence electrons. The molecule has 2 rings (SSSR count). The molecule has 1 aliphatic heterocycles. The van der Waals surface area contributed by atoms with Gasteiger partial charge < -0.3 is 10.5 Å². The topological polar surface area (TPSA) is 89.7 Å². The minimum Gasteiger partial charge on any atom is -0.468 e. The molecule has 0 saturated carbocycles. The zero-order valence-electron chi connectivity index (χ0n) is 10.6. The fraction of sp³-hybridized carbons (Fsp3) is 0.417. The Hall–Kier alpha value is -1.60. The van der Waals surface area contributed by atoms with Crippen molar-refractivity contribution in [3.63, 3.8) is 0 Å². The van der Waals surface area contributed by atoms with E-state index in [-0.39, 0.29) is 12.6 Å². The van der Waals surface area contributed by atoms with E-state index < -0.39 is 21.7 Å². The lowest BCUT2D eigenvalue weighted by Gasteiger charge is -2.33. The van der Waals surface area contributed by atoms with E-state index in [9.17, 15) is 13.2 Å². The number of fused-ring (bicyclic) bond motifs is 1. The number of carbonyl (C=O) groups excluding carboxylic acids is 1. The van der Waals surface area contributed by atoms with Crippen LogP contribution in [0.5, 0.6) is 0 Å². The quantitative estimate of drug-likeness (QED) is 0.782. The molecule has 1 aromatic rings. The molecule has 0 spiro atoms. The molecule has 1 aromatic carbocycles. The van der Waals surface area contributed by atoms with E-state index in [4.69, 9.17) is 5.73 Å². The predicted octanol–water partition coefficient (Wildman–Crippen LogP) is -0.121. The summed E-state index contributed by atoms with van der Waals surface area (Å²) in [5.41, 5.74) is 7.34. The predicted molar refractivity (Wildman–Crippen MR) is 71.3 cm³/mol. The van der Waals surface area contributed by atoms with Crippen LogP contribution in [0.3, 0.4) is 0 Å². The van der Waals surface area contributed by atoms with Crippen LogP contribution >= 0.6 is 0 Å². The average molecular weight is 284 g/mol. The summed E-state index contributed by atoms with van der Waals surface area (Å²) in [6, 6.07) is 6.88. The number of nitrogens with zero attached hydrogens (tertiary/aromatic N) is 1. The van der Waals surface area contributed by atoms with Crippen LogP contribution in [0.1, 0.15) is 5.56 Å². The van der Waals surface area contributed by atoms with Crippen LogP contribution in [0.15, 0.2) is 24.3 Å². The summed E-state index contributed by atoms with van der Waals surface area (Å²) in [6.45, 7) is 0.177. The Bertz CT molecular complexity index is 585. The summed E-state index contributed by atoms with van der Waals surface area (Å²) in [6.07, 6.45) is 0.625. The van der Waals surface area contributed by atoms with E-state index in [1.165, 1.54) is 4.31 Å². The van der Waals surface area contributed by atoms with Gasteiger partial charge in [0.15, 0.2) is 5.75 Å². The maximum absolute atomic E-state index is 12.2. The van der Waals surface area contributed by atoms with Crippen LogP contribution < -0.4 is 10.0 Å². The van der Waals surface area contributed by atoms with Gasteiger partial charge in [-0.05, 0) is 18.1 Å². The first-order valence-electron chi connectivity index (χ1n) is 5.85. The number of nitrogens with two attached hydrogens (primary N) is 1. The van der Waals surface area contributed by atoms with Crippen LogP contribution in [0.2, 0.25) is 0 Å². The van der Waals surface area contributed by atoms with Crippen molar-refractivity contribution in [1.29, 1.82) is 0 Å². The summed E-state index contributed by atoms with van der Waals surface area (Å²) in [5.74, 6) is -1.46. The first kappa shape index (κ1) is 13.8. The summed E-state index contributed by atoms with van der Waals surface area (Å²) >= 11 is 0. The van der Waals surface area contributed by atoms with Gasteiger partial charge in [0.1, 0.15) is 0 Å². The highest BCUT2D eigenvalue weighted by Crippen LogP contribution is 2.28. The number of carbonyl (C=O) groups is 1. The number of hydrogen-bond donors (Lipinski definition) is 1. The maximum atomic E-state index is 12.2. The number of hydrogen-bond acceptors (Lipinski definition) is 5. The Labute approximate surface area is 112 Å². The molecule has 0 fully saturated rings. The highest BCUT2D eigenvalue weighted by molar-refractivity contribution is 7.93. The Balaban J connectivity index is 2.37. The van der Waals surface area contributed by atoms with E-state index in [0.29, 0.717) is 12.1 Å². The van der Waals surface area contributed by atoms with Crippen molar-refractivity contribution < 1.29 is 17.9 Å². The van der Waals surface area contributed by atoms with Crippen molar-refractivity contribution in [2.75, 3.05) is 23.7 Å². The molecule has 0 saturated heterocycles. The molecule has 2 N–H and O–H groups in total. The van der Waals surface area contributed by atoms with E-state index in [1.807, 2.05) is 12.1 Å². The normalized spacial score (nSPS) is 18.8. The van der Waals surface area contributed by atoms with Crippen molar-refractivity contribution in [3.05, 3.63) is 29.8 Å². The van der Waals surface area contributed by atoms with Crippen molar-refractivity contribution in [1.82, 2.24) is 0 Å². The molecule has 0 aromatic heterocycles. The molecule has 1 heterocycles. The SMILES string of the molecule is COC(=O)CS(=O)(=O)N1CC(N)Cc2ccccc21. The van der Waals surface area contributed by atoms with E-state index in [2.05, 4.69) is 4.74 Å². The zero-order chi connectivity index (χ0) is 14.0. The number of sulfonamides is 1. The van der Waals surface area contributed by atoms with Gasteiger partial charge in [-0.25, -0.2) is 8.42 Å². The van der Waals surface area contributed by atoms with E-state index in [0.717, 1.165) is 12.7 Å². The molecule has 6 nitrogen and oxygen atoms in total. The highest BCUT2D eigenvalue weighted by atomic mass is 32.2. The molecular weight excluding hydrogens is 268 g/mol. The Morgan fingerprint density at radius 3 is 2.84 bits per heavy atom. The third-order valence-corrected chi connectivity index (χ3v) is 4.62. The van der Waals surface area contributed by atoms with Gasteiger partial charge in [-0.3, -0.25) is 9.10 Å². The lowest BCUT2D eigenvalue weighted by atomic mass is 10.0. The van der Waals surface area contributed by atoms with Crippen LogP contribution in [0.25, 0.3) is 0 Å². The number of rotatable bonds is 3. The monoisotopic (exact) mass is 284 g/mol. The van der Waals surface area contributed by atoms with Crippen LogP contribution in [-0.2, 0) is 26.0 Å². The zero-order valence-corrected chi connectivity index (χ0v) is 11.4. The second-order valence-electron chi connectivity index (χ2n) is 4.46. The minimum absolute atomic E-state index is 0.177. The largest absolute Gasteiger partial charge is 0.468 e. The highest BCUT2D eigenvalue weighted by Gasteiger charge is 2.32. The van der Waals surface area contributed by atoms with Crippen LogP contribution in [0, 0.1) is 0 Å². The molecule has 7 heteroatoms. The lowest BCUT2D eigenvalue weighted by Crippen LogP contribution is -2.47. The van der Waals surface area contributed by atoms with Gasteiger partial charge in [-0.1, -0.05) is 18.2 Å². The Kier molecular flexibility index (Phi) is 3.77. The minimum atomic E-state index is -3.76. The van der Waals surface area contributed by atoms with Gasteiger partial charge in [0, 0.05) is 12.6 Å². The van der Waals surface area contributed by atoms with E-state index in [1.54, 1.807) is 12.1 Å². The number of benzene rings is 1. The second-order valence-corrected chi connectivity index (χ2v) is 6.35. The summed E-state index contributed by atoms with van der Waals surface area (Å²) in [5, 5.41) is 0. The number of esters is 1. The van der Waals surface area contributed by atoms with Crippen molar-refractivity contribution >= 4 is 21.7 Å². The molecule has 1 unspecified atom stereocenters. The van der Waals surface area contributed by atoms with Crippen LogP contribution in [0.4, 0.5) is 5.69 Å². The maximum Gasteiger partial charge on any atom is 0.322 e. The third kappa shape index (κ3) is 2.87. The van der Waals surface area contributed by atoms with Crippen molar-refractivity contribution in [2.45, 2.75) is 12.5 Å². The van der Waals surface area contributed by atoms with Crippen molar-refractivity contribution in [2.24, 2.45) is 5.73 Å². The number of para-hydroxylation sites is 1. The number of ether oxygens (including phenoxy) is 1. The van der Waals surface area contributed by atoms with E-state index >= 15 is 0 Å². The molecule has 0 bridgehead atoms. The molecule has 1 aliphatic rings. The number of methoxy groups -OCH3 is 1. The van der Waals surface area contributed by atoms with Crippen LogP contribution in [-0.4, -0.2) is 39.8 Å². The average Bonchev–Trinajstić information content (AvgIpc) is 2.37. The van der Waals surface area contributed by atoms with Gasteiger partial charge in [0.05, 0.1) is 12.8 Å². The van der Waals surface area contributed by atoms with Gasteiger partial charge in [0.2, 0.25) is 10.0 Å². The molecule has 1 atom stereocenters. The molecule has 19 heavy (non-hydrogen) atoms. The smallest absolute Gasteiger partial charge is 0.322 e. The van der Waals surface area contributed by atoms with Gasteiger partial charge in [0.25, 0.3) is 0 Å². The lowest BCUT2D eigenvalue weighted by molar-refractivity contribution is -0.137. The Morgan fingerprint density at radius 2 is 2.16 bits per heavy atom. The van der Waals surface area contributed by atoms with Gasteiger partial charge in [-0.2, -0.15) is 0 Å². The van der Waals surface area contributed by atoms with Gasteiger partial charge in [-0.15, -0.1) is 0 Å². The molecule has 0 amide bonds. The third-order valence-electron chi connectivity index (χ3n) is 3.01. The molecule has 0 aliphatic carbocycles.